The van der Waals surface area contributed by atoms with E-state index < -0.39 is 0 Å². The number of halogens is 1. The summed E-state index contributed by atoms with van der Waals surface area (Å²) in [6.45, 7) is 5.08. The Kier molecular flexibility index (Phi) is 5.62. The van der Waals surface area contributed by atoms with Crippen molar-refractivity contribution < 1.29 is 9.53 Å². The standard InChI is InChI=1S/C13H19BrN2O2/c1-9(2)16(6-7-18-3)13(17)10-4-5-12(15)11(14)8-10/h4-5,8-9H,6-7,15H2,1-3H3. The SMILES string of the molecule is COCCN(C(=O)c1ccc(N)c(Br)c1)C(C)C. The van der Waals surface area contributed by atoms with E-state index in [2.05, 4.69) is 15.9 Å². The fraction of sp³-hybridized carbons (Fsp3) is 0.462. The number of nitrogen functional groups attached to an aromatic ring is 1. The molecule has 0 atom stereocenters. The van der Waals surface area contributed by atoms with Crippen LogP contribution in [-0.2, 0) is 4.74 Å². The van der Waals surface area contributed by atoms with Gasteiger partial charge in [0.2, 0.25) is 0 Å². The summed E-state index contributed by atoms with van der Waals surface area (Å²) in [6, 6.07) is 5.35. The molecule has 5 heteroatoms. The Bertz CT molecular complexity index is 421. The number of hydrogen-bond donors (Lipinski definition) is 1. The van der Waals surface area contributed by atoms with Crippen LogP contribution in [0.2, 0.25) is 0 Å². The maximum absolute atomic E-state index is 12.4. The monoisotopic (exact) mass is 314 g/mol. The highest BCUT2D eigenvalue weighted by Gasteiger charge is 2.18. The number of rotatable bonds is 5. The zero-order valence-electron chi connectivity index (χ0n) is 10.9. The molecule has 0 unspecified atom stereocenters. The quantitative estimate of drug-likeness (QED) is 0.850. The number of nitrogens with zero attached hydrogens (tertiary/aromatic N) is 1. The molecule has 100 valence electrons. The average molecular weight is 315 g/mol. The lowest BCUT2D eigenvalue weighted by atomic mass is 10.1. The lowest BCUT2D eigenvalue weighted by Crippen LogP contribution is -2.39. The Labute approximate surface area is 116 Å². The van der Waals surface area contributed by atoms with Crippen molar-refractivity contribution in [3.8, 4) is 0 Å². The third kappa shape index (κ3) is 3.71. The van der Waals surface area contributed by atoms with Crippen LogP contribution in [0, 0.1) is 0 Å². The molecule has 0 saturated heterocycles. The fourth-order valence-electron chi connectivity index (χ4n) is 1.61. The number of benzene rings is 1. The number of amides is 1. The molecular formula is C13H19BrN2O2. The second-order valence-electron chi connectivity index (χ2n) is 4.32. The van der Waals surface area contributed by atoms with Crippen LogP contribution in [-0.4, -0.2) is 37.1 Å². The van der Waals surface area contributed by atoms with Gasteiger partial charge in [-0.05, 0) is 48.0 Å². The number of nitrogens with two attached hydrogens (primary N) is 1. The minimum absolute atomic E-state index is 0.0113. The Morgan fingerprint density at radius 1 is 1.50 bits per heavy atom. The molecule has 2 N–H and O–H groups in total. The van der Waals surface area contributed by atoms with E-state index in [9.17, 15) is 4.79 Å². The summed E-state index contributed by atoms with van der Waals surface area (Å²) in [4.78, 5) is 14.1. The van der Waals surface area contributed by atoms with E-state index in [1.165, 1.54) is 0 Å². The molecule has 0 aliphatic carbocycles. The summed E-state index contributed by atoms with van der Waals surface area (Å²) in [6.07, 6.45) is 0. The van der Waals surface area contributed by atoms with E-state index in [1.54, 1.807) is 30.2 Å². The summed E-state index contributed by atoms with van der Waals surface area (Å²) >= 11 is 3.33. The van der Waals surface area contributed by atoms with Crippen LogP contribution in [0.5, 0.6) is 0 Å². The minimum Gasteiger partial charge on any atom is -0.398 e. The van der Waals surface area contributed by atoms with Gasteiger partial charge in [-0.25, -0.2) is 0 Å². The molecule has 1 rings (SSSR count). The van der Waals surface area contributed by atoms with Gasteiger partial charge < -0.3 is 15.4 Å². The molecule has 18 heavy (non-hydrogen) atoms. The molecule has 4 nitrogen and oxygen atoms in total. The predicted molar refractivity (Wildman–Crippen MR) is 76.6 cm³/mol. The van der Waals surface area contributed by atoms with E-state index >= 15 is 0 Å². The van der Waals surface area contributed by atoms with E-state index in [0.717, 1.165) is 4.47 Å². The molecule has 0 aliphatic rings. The summed E-state index contributed by atoms with van der Waals surface area (Å²) in [5.74, 6) is -0.0113. The molecule has 0 bridgehead atoms. The zero-order valence-corrected chi connectivity index (χ0v) is 12.5. The summed E-state index contributed by atoms with van der Waals surface area (Å²) in [7, 11) is 1.63. The smallest absolute Gasteiger partial charge is 0.254 e. The topological polar surface area (TPSA) is 55.6 Å². The van der Waals surface area contributed by atoms with Crippen molar-refractivity contribution in [1.82, 2.24) is 4.90 Å². The number of hydrogen-bond acceptors (Lipinski definition) is 3. The number of anilines is 1. The Morgan fingerprint density at radius 3 is 2.67 bits per heavy atom. The van der Waals surface area contributed by atoms with Gasteiger partial charge in [0.05, 0.1) is 6.61 Å². The molecule has 0 saturated carbocycles. The Hall–Kier alpha value is -1.07. The van der Waals surface area contributed by atoms with Crippen molar-refractivity contribution in [3.05, 3.63) is 28.2 Å². The lowest BCUT2D eigenvalue weighted by Gasteiger charge is -2.26. The number of ether oxygens (including phenoxy) is 1. The molecule has 0 aliphatic heterocycles. The normalized spacial score (nSPS) is 10.7. The molecule has 1 aromatic rings. The van der Waals surface area contributed by atoms with E-state index in [4.69, 9.17) is 10.5 Å². The van der Waals surface area contributed by atoms with Crippen LogP contribution in [0.25, 0.3) is 0 Å². The second kappa shape index (κ2) is 6.75. The van der Waals surface area contributed by atoms with Crippen molar-refractivity contribution in [1.29, 1.82) is 0 Å². The highest BCUT2D eigenvalue weighted by Crippen LogP contribution is 2.21. The molecule has 0 radical (unpaired) electrons. The van der Waals surface area contributed by atoms with Gasteiger partial charge in [0.1, 0.15) is 0 Å². The highest BCUT2D eigenvalue weighted by atomic mass is 79.9. The molecule has 0 fully saturated rings. The maximum Gasteiger partial charge on any atom is 0.254 e. The molecule has 0 heterocycles. The van der Waals surface area contributed by atoms with Crippen molar-refractivity contribution in [3.63, 3.8) is 0 Å². The zero-order chi connectivity index (χ0) is 13.7. The largest absolute Gasteiger partial charge is 0.398 e. The van der Waals surface area contributed by atoms with Crippen molar-refractivity contribution in [2.75, 3.05) is 26.0 Å². The first-order valence-electron chi connectivity index (χ1n) is 5.82. The average Bonchev–Trinajstić information content (AvgIpc) is 2.32. The molecule has 0 spiro atoms. The van der Waals surface area contributed by atoms with Gasteiger partial charge in [-0.3, -0.25) is 4.79 Å². The first kappa shape index (κ1) is 15.0. The van der Waals surface area contributed by atoms with Gasteiger partial charge in [-0.1, -0.05) is 0 Å². The van der Waals surface area contributed by atoms with Crippen molar-refractivity contribution in [2.45, 2.75) is 19.9 Å². The van der Waals surface area contributed by atoms with Crippen LogP contribution in [0.15, 0.2) is 22.7 Å². The number of carbonyl (C=O) groups excluding carboxylic acids is 1. The van der Waals surface area contributed by atoms with E-state index in [1.807, 2.05) is 13.8 Å². The molecule has 0 aromatic heterocycles. The van der Waals surface area contributed by atoms with Crippen LogP contribution in [0.1, 0.15) is 24.2 Å². The number of methoxy groups -OCH3 is 1. The van der Waals surface area contributed by atoms with Gasteiger partial charge >= 0.3 is 0 Å². The Balaban J connectivity index is 2.91. The first-order chi connectivity index (χ1) is 8.47. The lowest BCUT2D eigenvalue weighted by molar-refractivity contribution is 0.0635. The van der Waals surface area contributed by atoms with Gasteiger partial charge in [-0.15, -0.1) is 0 Å². The van der Waals surface area contributed by atoms with Crippen LogP contribution >= 0.6 is 15.9 Å². The highest BCUT2D eigenvalue weighted by molar-refractivity contribution is 9.10. The van der Waals surface area contributed by atoms with Gasteiger partial charge in [0.15, 0.2) is 0 Å². The third-order valence-electron chi connectivity index (χ3n) is 2.67. The first-order valence-corrected chi connectivity index (χ1v) is 6.61. The van der Waals surface area contributed by atoms with Crippen LogP contribution in [0.3, 0.4) is 0 Å². The second-order valence-corrected chi connectivity index (χ2v) is 5.18. The number of carbonyl (C=O) groups is 1. The summed E-state index contributed by atoms with van der Waals surface area (Å²) in [5.41, 5.74) is 6.96. The molecular weight excluding hydrogens is 296 g/mol. The fourth-order valence-corrected chi connectivity index (χ4v) is 1.99. The molecule has 1 amide bonds. The van der Waals surface area contributed by atoms with Gasteiger partial charge in [-0.2, -0.15) is 0 Å². The van der Waals surface area contributed by atoms with Crippen LogP contribution in [0.4, 0.5) is 5.69 Å². The van der Waals surface area contributed by atoms with Crippen molar-refractivity contribution >= 4 is 27.5 Å². The van der Waals surface area contributed by atoms with E-state index in [0.29, 0.717) is 24.4 Å². The minimum atomic E-state index is -0.0113. The van der Waals surface area contributed by atoms with Gasteiger partial charge in [0.25, 0.3) is 5.91 Å². The maximum atomic E-state index is 12.4. The van der Waals surface area contributed by atoms with Gasteiger partial charge in [0, 0.05) is 35.4 Å². The predicted octanol–water partition coefficient (Wildman–Crippen LogP) is 2.53. The summed E-state index contributed by atoms with van der Waals surface area (Å²) < 4.78 is 5.77. The van der Waals surface area contributed by atoms with Crippen molar-refractivity contribution in [2.24, 2.45) is 0 Å². The Morgan fingerprint density at radius 2 is 2.17 bits per heavy atom. The summed E-state index contributed by atoms with van der Waals surface area (Å²) in [5, 5.41) is 0. The van der Waals surface area contributed by atoms with Crippen LogP contribution < -0.4 is 5.73 Å². The third-order valence-corrected chi connectivity index (χ3v) is 3.35. The van der Waals surface area contributed by atoms with E-state index in [-0.39, 0.29) is 11.9 Å². The molecule has 1 aromatic carbocycles.